The van der Waals surface area contributed by atoms with E-state index in [1.807, 2.05) is 0 Å². The van der Waals surface area contributed by atoms with Gasteiger partial charge in [0.25, 0.3) is 5.91 Å². The van der Waals surface area contributed by atoms with Crippen molar-refractivity contribution in [1.29, 1.82) is 0 Å². The summed E-state index contributed by atoms with van der Waals surface area (Å²) in [6, 6.07) is 11.8. The number of amides is 1. The number of nitrogens with zero attached hydrogens (tertiary/aromatic N) is 1. The van der Waals surface area contributed by atoms with Gasteiger partial charge in [-0.1, -0.05) is 29.8 Å². The van der Waals surface area contributed by atoms with Gasteiger partial charge in [0.2, 0.25) is 5.78 Å². The normalized spacial score (nSPS) is 18.8. The van der Waals surface area contributed by atoms with E-state index in [0.717, 1.165) is 47.7 Å². The molecule has 2 N–H and O–H groups in total. The number of rotatable bonds is 7. The maximum absolute atomic E-state index is 13.9. The molecule has 1 aliphatic heterocycles. The van der Waals surface area contributed by atoms with Crippen LogP contribution in [0.1, 0.15) is 57.5 Å². The molecule has 170 valence electrons. The third kappa shape index (κ3) is 4.86. The fraction of sp³-hybridized carbons (Fsp3) is 0.320. The van der Waals surface area contributed by atoms with Crippen LogP contribution < -0.4 is 10.6 Å². The van der Waals surface area contributed by atoms with Gasteiger partial charge in [0.15, 0.2) is 0 Å². The lowest BCUT2D eigenvalue weighted by Gasteiger charge is -2.24. The summed E-state index contributed by atoms with van der Waals surface area (Å²) in [7, 11) is 0. The third-order valence-corrected chi connectivity index (χ3v) is 7.57. The molecule has 3 aromatic rings. The number of halogens is 2. The first-order valence-electron chi connectivity index (χ1n) is 11.1. The van der Waals surface area contributed by atoms with Crippen molar-refractivity contribution in [2.45, 2.75) is 43.7 Å². The zero-order valence-corrected chi connectivity index (χ0v) is 19.4. The fourth-order valence-electron chi connectivity index (χ4n) is 4.15. The van der Waals surface area contributed by atoms with Gasteiger partial charge in [0.1, 0.15) is 17.6 Å². The largest absolute Gasteiger partial charge is 0.340 e. The highest BCUT2D eigenvalue weighted by atomic mass is 35.5. The minimum Gasteiger partial charge on any atom is -0.340 e. The molecule has 2 atom stereocenters. The van der Waals surface area contributed by atoms with E-state index < -0.39 is 6.04 Å². The van der Waals surface area contributed by atoms with Crippen molar-refractivity contribution in [2.75, 3.05) is 6.54 Å². The fourth-order valence-corrected chi connectivity index (χ4v) is 5.59. The van der Waals surface area contributed by atoms with Crippen LogP contribution in [0.3, 0.4) is 0 Å². The third-order valence-electron chi connectivity index (χ3n) is 6.07. The van der Waals surface area contributed by atoms with Crippen LogP contribution in [0.5, 0.6) is 0 Å². The molecule has 0 bridgehead atoms. The maximum atomic E-state index is 13.9. The van der Waals surface area contributed by atoms with E-state index in [1.165, 1.54) is 23.5 Å². The van der Waals surface area contributed by atoms with Gasteiger partial charge in [-0.2, -0.15) is 0 Å². The molecule has 1 aliphatic carbocycles. The summed E-state index contributed by atoms with van der Waals surface area (Å²) < 4.78 is 13.5. The molecule has 1 saturated carbocycles. The van der Waals surface area contributed by atoms with Crippen molar-refractivity contribution in [1.82, 2.24) is 15.6 Å². The Morgan fingerprint density at radius 1 is 1.15 bits per heavy atom. The van der Waals surface area contributed by atoms with Crippen molar-refractivity contribution >= 4 is 34.6 Å². The molecule has 2 aromatic carbocycles. The first-order valence-corrected chi connectivity index (χ1v) is 12.3. The van der Waals surface area contributed by atoms with Crippen LogP contribution in [0, 0.1) is 5.82 Å². The van der Waals surface area contributed by atoms with Crippen LogP contribution in [0.25, 0.3) is 10.4 Å². The number of thiazole rings is 1. The quantitative estimate of drug-likeness (QED) is 0.452. The van der Waals surface area contributed by atoms with Crippen molar-refractivity contribution in [3.8, 4) is 10.4 Å². The second kappa shape index (κ2) is 9.33. The van der Waals surface area contributed by atoms with Gasteiger partial charge in [0.05, 0.1) is 9.88 Å². The van der Waals surface area contributed by atoms with Crippen LogP contribution in [0.4, 0.5) is 4.39 Å². The molecular weight excluding hydrogens is 461 g/mol. The van der Waals surface area contributed by atoms with Gasteiger partial charge in [-0.3, -0.25) is 9.59 Å². The first kappa shape index (κ1) is 22.2. The van der Waals surface area contributed by atoms with Crippen molar-refractivity contribution in [2.24, 2.45) is 0 Å². The maximum Gasteiger partial charge on any atom is 0.251 e. The molecule has 2 aliphatic rings. The second-order valence-electron chi connectivity index (χ2n) is 8.54. The minimum absolute atomic E-state index is 0.187. The van der Waals surface area contributed by atoms with Gasteiger partial charge in [-0.25, -0.2) is 9.37 Å². The summed E-state index contributed by atoms with van der Waals surface area (Å²) in [6.45, 7) is 0.788. The van der Waals surface area contributed by atoms with Crippen LogP contribution in [0.2, 0.25) is 5.02 Å². The topological polar surface area (TPSA) is 71.1 Å². The molecule has 2 heterocycles. The van der Waals surface area contributed by atoms with E-state index in [-0.39, 0.29) is 23.5 Å². The lowest BCUT2D eigenvalue weighted by atomic mass is 9.97. The van der Waals surface area contributed by atoms with Gasteiger partial charge < -0.3 is 10.6 Å². The number of carbonyl (C=O) groups excluding carboxylic acids is 2. The van der Waals surface area contributed by atoms with Gasteiger partial charge >= 0.3 is 0 Å². The summed E-state index contributed by atoms with van der Waals surface area (Å²) in [6.07, 6.45) is 3.82. The molecule has 1 saturated heterocycles. The number of Topliss-reactive ketones (excluding diaryl/α,β-unsaturated/α-hetero) is 1. The zero-order valence-electron chi connectivity index (χ0n) is 17.8. The molecule has 5 nitrogen and oxygen atoms in total. The zero-order chi connectivity index (χ0) is 22.9. The molecule has 0 radical (unpaired) electrons. The monoisotopic (exact) mass is 483 g/mol. The van der Waals surface area contributed by atoms with Gasteiger partial charge in [-0.05, 0) is 68.1 Å². The molecule has 1 unspecified atom stereocenters. The smallest absolute Gasteiger partial charge is 0.251 e. The lowest BCUT2D eigenvalue weighted by Crippen LogP contribution is -2.52. The number of ketones is 1. The average Bonchev–Trinajstić information content (AvgIpc) is 3.34. The number of hydrogen-bond acceptors (Lipinski definition) is 5. The van der Waals surface area contributed by atoms with E-state index in [9.17, 15) is 14.0 Å². The average molecular weight is 484 g/mol. The van der Waals surface area contributed by atoms with Crippen LogP contribution >= 0.6 is 22.9 Å². The standard InChI is InChI=1S/C25H23ClFN3O2S/c26-17-4-1-3-16(13-17)24(32)29-20(19-5-2-12-28-19)22(31)21-23(14-8-10-18(27)11-9-14)33-25(30-21)15-6-7-15/h1,3-4,8-11,13,15,19-20,28H,2,5-7,12H2,(H,29,32)/t19?,20-/m0/s1. The Morgan fingerprint density at radius 3 is 2.61 bits per heavy atom. The molecule has 5 rings (SSSR count). The van der Waals surface area contributed by atoms with Crippen LogP contribution in [-0.2, 0) is 0 Å². The molecule has 33 heavy (non-hydrogen) atoms. The Bertz CT molecular complexity index is 1190. The van der Waals surface area contributed by atoms with E-state index in [0.29, 0.717) is 22.2 Å². The SMILES string of the molecule is O=C(N[C@H](C(=O)c1nc(C2CC2)sc1-c1ccc(F)cc1)C1CCCN1)c1cccc(Cl)c1. The Balaban J connectivity index is 1.50. The summed E-state index contributed by atoms with van der Waals surface area (Å²) in [5.74, 6) is -0.544. The predicted molar refractivity (Wildman–Crippen MR) is 128 cm³/mol. The molecule has 8 heteroatoms. The Kier molecular flexibility index (Phi) is 6.27. The molecule has 1 aromatic heterocycles. The summed E-state index contributed by atoms with van der Waals surface area (Å²) >= 11 is 7.54. The highest BCUT2D eigenvalue weighted by Gasteiger charge is 2.37. The number of nitrogens with one attached hydrogen (secondary N) is 2. The Hall–Kier alpha value is -2.61. The minimum atomic E-state index is -0.771. The van der Waals surface area contributed by atoms with Gasteiger partial charge in [-0.15, -0.1) is 11.3 Å². The molecular formula is C25H23ClFN3O2S. The molecule has 2 fully saturated rings. The second-order valence-corrected chi connectivity index (χ2v) is 10.0. The lowest BCUT2D eigenvalue weighted by molar-refractivity contribution is 0.0836. The number of aromatic nitrogens is 1. The molecule has 1 amide bonds. The summed E-state index contributed by atoms with van der Waals surface area (Å²) in [4.78, 5) is 32.3. The van der Waals surface area contributed by atoms with Crippen LogP contribution in [-0.4, -0.2) is 35.3 Å². The Labute approximate surface area is 200 Å². The summed E-state index contributed by atoms with van der Waals surface area (Å²) in [5, 5.41) is 7.67. The number of benzene rings is 2. The molecule has 0 spiro atoms. The van der Waals surface area contributed by atoms with Crippen molar-refractivity contribution in [3.63, 3.8) is 0 Å². The van der Waals surface area contributed by atoms with Crippen molar-refractivity contribution in [3.05, 3.63) is 75.6 Å². The van der Waals surface area contributed by atoms with Crippen molar-refractivity contribution < 1.29 is 14.0 Å². The van der Waals surface area contributed by atoms with Crippen LogP contribution in [0.15, 0.2) is 48.5 Å². The predicted octanol–water partition coefficient (Wildman–Crippen LogP) is 5.21. The number of hydrogen-bond donors (Lipinski definition) is 2. The Morgan fingerprint density at radius 2 is 1.94 bits per heavy atom. The highest BCUT2D eigenvalue weighted by molar-refractivity contribution is 7.15. The van der Waals surface area contributed by atoms with E-state index in [4.69, 9.17) is 16.6 Å². The highest BCUT2D eigenvalue weighted by Crippen LogP contribution is 2.45. The van der Waals surface area contributed by atoms with E-state index in [1.54, 1.807) is 36.4 Å². The van der Waals surface area contributed by atoms with E-state index >= 15 is 0 Å². The van der Waals surface area contributed by atoms with E-state index in [2.05, 4.69) is 10.6 Å². The first-order chi connectivity index (χ1) is 16.0. The number of carbonyl (C=O) groups is 2. The summed E-state index contributed by atoms with van der Waals surface area (Å²) in [5.41, 5.74) is 1.50. The van der Waals surface area contributed by atoms with Gasteiger partial charge in [0, 0.05) is 22.5 Å².